The van der Waals surface area contributed by atoms with E-state index in [-0.39, 0.29) is 5.82 Å². The minimum atomic E-state index is -0.184. The summed E-state index contributed by atoms with van der Waals surface area (Å²) < 4.78 is 19.1. The van der Waals surface area contributed by atoms with Gasteiger partial charge in [0, 0.05) is 13.1 Å². The third kappa shape index (κ3) is 4.52. The fraction of sp³-hybridized carbons (Fsp3) is 0.478. The van der Waals surface area contributed by atoms with Gasteiger partial charge in [0.2, 0.25) is 0 Å². The molecule has 1 aliphatic carbocycles. The topological polar surface area (TPSA) is 12.5 Å². The lowest BCUT2D eigenvalue weighted by atomic mass is 9.74. The Morgan fingerprint density at radius 1 is 0.885 bits per heavy atom. The van der Waals surface area contributed by atoms with Crippen molar-refractivity contribution in [2.45, 2.75) is 44.9 Å². The molecule has 3 atom stereocenters. The smallest absolute Gasteiger partial charge is 0.123 e. The summed E-state index contributed by atoms with van der Waals surface area (Å²) >= 11 is 0. The van der Waals surface area contributed by atoms with Gasteiger partial charge in [0.15, 0.2) is 0 Å². The molecule has 2 fully saturated rings. The van der Waals surface area contributed by atoms with Crippen molar-refractivity contribution in [1.29, 1.82) is 0 Å². The molecule has 0 amide bonds. The van der Waals surface area contributed by atoms with Crippen LogP contribution in [0, 0.1) is 17.7 Å². The lowest BCUT2D eigenvalue weighted by molar-refractivity contribution is -0.0338. The summed E-state index contributed by atoms with van der Waals surface area (Å²) in [6.07, 6.45) is 5.26. The highest BCUT2D eigenvalue weighted by Gasteiger charge is 2.35. The molecule has 2 aromatic carbocycles. The van der Waals surface area contributed by atoms with E-state index in [1.165, 1.54) is 50.0 Å². The van der Waals surface area contributed by atoms with Crippen molar-refractivity contribution in [2.24, 2.45) is 11.8 Å². The van der Waals surface area contributed by atoms with Gasteiger partial charge in [-0.2, -0.15) is 0 Å². The number of benzene rings is 2. The predicted molar refractivity (Wildman–Crippen MR) is 102 cm³/mol. The number of nitrogens with zero attached hydrogens (tertiary/aromatic N) is 1. The maximum atomic E-state index is 13.0. The number of likely N-dealkylation sites (tertiary alicyclic amines) is 1. The molecular weight excluding hydrogens is 325 g/mol. The van der Waals surface area contributed by atoms with Crippen LogP contribution in [0.5, 0.6) is 0 Å². The molecule has 26 heavy (non-hydrogen) atoms. The van der Waals surface area contributed by atoms with Crippen molar-refractivity contribution in [2.75, 3.05) is 13.1 Å². The third-order valence-electron chi connectivity index (χ3n) is 6.05. The van der Waals surface area contributed by atoms with Gasteiger partial charge in [-0.25, -0.2) is 4.39 Å². The Balaban J connectivity index is 1.25. The molecule has 0 aromatic heterocycles. The molecule has 0 N–H and O–H groups in total. The van der Waals surface area contributed by atoms with Gasteiger partial charge < -0.3 is 4.74 Å². The average Bonchev–Trinajstić information content (AvgIpc) is 2.68. The molecular formula is C23H28FNO. The van der Waals surface area contributed by atoms with Crippen molar-refractivity contribution in [3.8, 4) is 0 Å². The fourth-order valence-electron chi connectivity index (χ4n) is 4.58. The molecule has 2 aromatic rings. The minimum absolute atomic E-state index is 0.184. The molecule has 138 valence electrons. The van der Waals surface area contributed by atoms with Crippen LogP contribution in [0.15, 0.2) is 54.6 Å². The first-order valence-electron chi connectivity index (χ1n) is 9.88. The molecule has 4 rings (SSSR count). The molecule has 1 heterocycles. The number of piperidine rings is 1. The van der Waals surface area contributed by atoms with Crippen molar-refractivity contribution in [1.82, 2.24) is 4.90 Å². The van der Waals surface area contributed by atoms with E-state index < -0.39 is 0 Å². The second kappa shape index (κ2) is 8.32. The first-order chi connectivity index (χ1) is 12.8. The normalized spacial score (nSPS) is 26.4. The Hall–Kier alpha value is -1.71. The molecule has 1 unspecified atom stereocenters. The van der Waals surface area contributed by atoms with E-state index in [1.54, 1.807) is 0 Å². The Morgan fingerprint density at radius 2 is 1.69 bits per heavy atom. The van der Waals surface area contributed by atoms with Gasteiger partial charge in [0.05, 0.1) is 12.7 Å². The van der Waals surface area contributed by atoms with Gasteiger partial charge in [0.25, 0.3) is 0 Å². The highest BCUT2D eigenvalue weighted by molar-refractivity contribution is 5.15. The molecule has 0 spiro atoms. The zero-order valence-electron chi connectivity index (χ0n) is 15.3. The number of hydrogen-bond donors (Lipinski definition) is 0. The van der Waals surface area contributed by atoms with Crippen molar-refractivity contribution < 1.29 is 9.13 Å². The molecule has 1 saturated carbocycles. The average molecular weight is 353 g/mol. The minimum Gasteiger partial charge on any atom is -0.374 e. The number of ether oxygens (including phenoxy) is 1. The highest BCUT2D eigenvalue weighted by Crippen LogP contribution is 2.38. The lowest BCUT2D eigenvalue weighted by Crippen LogP contribution is -2.43. The van der Waals surface area contributed by atoms with Gasteiger partial charge in [-0.15, -0.1) is 0 Å². The van der Waals surface area contributed by atoms with E-state index in [9.17, 15) is 4.39 Å². The van der Waals surface area contributed by atoms with Gasteiger partial charge in [-0.3, -0.25) is 4.90 Å². The second-order valence-electron chi connectivity index (χ2n) is 7.90. The van der Waals surface area contributed by atoms with Gasteiger partial charge >= 0.3 is 0 Å². The Bertz CT molecular complexity index is 687. The van der Waals surface area contributed by atoms with E-state index >= 15 is 0 Å². The molecule has 3 heteroatoms. The van der Waals surface area contributed by atoms with E-state index in [2.05, 4.69) is 35.2 Å². The summed E-state index contributed by atoms with van der Waals surface area (Å²) in [6, 6.07) is 17.5. The number of rotatable bonds is 5. The first kappa shape index (κ1) is 17.7. The predicted octanol–water partition coefficient (Wildman–Crippen LogP) is 5.03. The maximum absolute atomic E-state index is 13.0. The third-order valence-corrected chi connectivity index (χ3v) is 6.05. The van der Waals surface area contributed by atoms with Crippen LogP contribution in [0.25, 0.3) is 0 Å². The zero-order valence-corrected chi connectivity index (χ0v) is 15.3. The summed E-state index contributed by atoms with van der Waals surface area (Å²) in [5.41, 5.74) is 2.48. The van der Waals surface area contributed by atoms with Crippen LogP contribution in [-0.4, -0.2) is 24.1 Å². The lowest BCUT2D eigenvalue weighted by Gasteiger charge is -2.43. The SMILES string of the molecule is Fc1ccc(COC2CC[C@H]3CN(Cc4ccccc4)CC[C@H]3C2)cc1. The van der Waals surface area contributed by atoms with Gasteiger partial charge in [-0.1, -0.05) is 42.5 Å². The van der Waals surface area contributed by atoms with Gasteiger partial charge in [0.1, 0.15) is 5.82 Å². The van der Waals surface area contributed by atoms with Crippen LogP contribution in [-0.2, 0) is 17.9 Å². The van der Waals surface area contributed by atoms with E-state index in [1.807, 2.05) is 12.1 Å². The maximum Gasteiger partial charge on any atom is 0.123 e. The quantitative estimate of drug-likeness (QED) is 0.747. The monoisotopic (exact) mass is 353 g/mol. The highest BCUT2D eigenvalue weighted by atomic mass is 19.1. The van der Waals surface area contributed by atoms with E-state index in [4.69, 9.17) is 4.74 Å². The Labute approximate surface area is 156 Å². The number of fused-ring (bicyclic) bond motifs is 1. The summed E-state index contributed by atoms with van der Waals surface area (Å²) in [4.78, 5) is 2.62. The van der Waals surface area contributed by atoms with Crippen LogP contribution in [0.3, 0.4) is 0 Å². The Kier molecular flexibility index (Phi) is 5.66. The molecule has 2 nitrogen and oxygen atoms in total. The summed E-state index contributed by atoms with van der Waals surface area (Å²) in [6.45, 7) is 4.10. The largest absolute Gasteiger partial charge is 0.374 e. The van der Waals surface area contributed by atoms with E-state index in [0.717, 1.165) is 30.4 Å². The van der Waals surface area contributed by atoms with Crippen molar-refractivity contribution in [3.63, 3.8) is 0 Å². The fourth-order valence-corrected chi connectivity index (χ4v) is 4.58. The number of hydrogen-bond acceptors (Lipinski definition) is 2. The van der Waals surface area contributed by atoms with Crippen LogP contribution < -0.4 is 0 Å². The first-order valence-corrected chi connectivity index (χ1v) is 9.88. The standard InChI is InChI=1S/C23H28FNO/c24-22-9-6-19(7-10-22)17-26-23-11-8-21-16-25(13-12-20(21)14-23)15-18-4-2-1-3-5-18/h1-7,9-10,20-21,23H,8,11-17H2/t20-,21-,23?/m0/s1. The van der Waals surface area contributed by atoms with Crippen LogP contribution >= 0.6 is 0 Å². The number of halogens is 1. The summed E-state index contributed by atoms with van der Waals surface area (Å²) in [5.74, 6) is 1.43. The van der Waals surface area contributed by atoms with Crippen LogP contribution in [0.2, 0.25) is 0 Å². The second-order valence-corrected chi connectivity index (χ2v) is 7.90. The van der Waals surface area contributed by atoms with Crippen LogP contribution in [0.1, 0.15) is 36.8 Å². The molecule has 1 saturated heterocycles. The van der Waals surface area contributed by atoms with Crippen LogP contribution in [0.4, 0.5) is 4.39 Å². The van der Waals surface area contributed by atoms with E-state index in [0.29, 0.717) is 12.7 Å². The molecule has 0 radical (unpaired) electrons. The molecule has 2 aliphatic rings. The Morgan fingerprint density at radius 3 is 2.50 bits per heavy atom. The molecule has 0 bridgehead atoms. The molecule has 1 aliphatic heterocycles. The van der Waals surface area contributed by atoms with Crippen molar-refractivity contribution in [3.05, 3.63) is 71.5 Å². The summed E-state index contributed by atoms with van der Waals surface area (Å²) in [7, 11) is 0. The summed E-state index contributed by atoms with van der Waals surface area (Å²) in [5, 5.41) is 0. The van der Waals surface area contributed by atoms with Crippen molar-refractivity contribution >= 4 is 0 Å². The van der Waals surface area contributed by atoms with Gasteiger partial charge in [-0.05, 0) is 67.3 Å². The zero-order chi connectivity index (χ0) is 17.8.